The lowest BCUT2D eigenvalue weighted by Crippen LogP contribution is -2.18. The molecule has 0 spiro atoms. The first-order valence-electron chi connectivity index (χ1n) is 6.78. The van der Waals surface area contributed by atoms with E-state index >= 15 is 0 Å². The van der Waals surface area contributed by atoms with Gasteiger partial charge in [0.05, 0.1) is 20.9 Å². The molecule has 0 saturated heterocycles. The third-order valence-corrected chi connectivity index (χ3v) is 5.62. The van der Waals surface area contributed by atoms with Crippen LogP contribution >= 0.6 is 11.6 Å². The van der Waals surface area contributed by atoms with Gasteiger partial charge in [-0.1, -0.05) is 23.7 Å². The molecule has 0 atom stereocenters. The Balaban J connectivity index is 2.21. The van der Waals surface area contributed by atoms with Crippen LogP contribution in [-0.2, 0) is 9.84 Å². The van der Waals surface area contributed by atoms with Crippen LogP contribution in [0.25, 0.3) is 10.9 Å². The number of amides is 1. The van der Waals surface area contributed by atoms with Gasteiger partial charge in [0, 0.05) is 23.7 Å². The van der Waals surface area contributed by atoms with Crippen LogP contribution in [0.2, 0.25) is 5.02 Å². The quantitative estimate of drug-likeness (QED) is 0.763. The Hall–Kier alpha value is -2.31. The van der Waals surface area contributed by atoms with Crippen LogP contribution in [0, 0.1) is 0 Å². The van der Waals surface area contributed by atoms with Gasteiger partial charge in [-0.05, 0) is 30.3 Å². The highest BCUT2D eigenvalue weighted by atomic mass is 35.5. The highest BCUT2D eigenvalue weighted by Crippen LogP contribution is 2.30. The van der Waals surface area contributed by atoms with Crippen molar-refractivity contribution >= 4 is 38.2 Å². The number of sulfone groups is 1. The lowest BCUT2D eigenvalue weighted by Gasteiger charge is -2.05. The standard InChI is InChI=1S/C16H13ClN2O3S/c1-18-16(20)13-4-2-3-12-14(9-19-15(12)13)23(21,22)11-7-5-10(17)6-8-11/h2-9,19H,1H3,(H,18,20). The van der Waals surface area contributed by atoms with E-state index in [0.29, 0.717) is 21.5 Å². The van der Waals surface area contributed by atoms with Crippen molar-refractivity contribution in [3.63, 3.8) is 0 Å². The molecule has 0 fully saturated rings. The first kappa shape index (κ1) is 15.6. The number of nitrogens with one attached hydrogen (secondary N) is 2. The summed E-state index contributed by atoms with van der Waals surface area (Å²) in [6.45, 7) is 0. The van der Waals surface area contributed by atoms with Gasteiger partial charge >= 0.3 is 0 Å². The molecule has 23 heavy (non-hydrogen) atoms. The number of para-hydroxylation sites is 1. The molecule has 3 aromatic rings. The Morgan fingerprint density at radius 1 is 1.13 bits per heavy atom. The monoisotopic (exact) mass is 348 g/mol. The average Bonchev–Trinajstić information content (AvgIpc) is 2.99. The normalized spacial score (nSPS) is 11.6. The van der Waals surface area contributed by atoms with Crippen molar-refractivity contribution in [2.45, 2.75) is 9.79 Å². The van der Waals surface area contributed by atoms with E-state index in [0.717, 1.165) is 0 Å². The Morgan fingerprint density at radius 3 is 2.48 bits per heavy atom. The largest absolute Gasteiger partial charge is 0.359 e. The summed E-state index contributed by atoms with van der Waals surface area (Å²) in [4.78, 5) is 15.1. The lowest BCUT2D eigenvalue weighted by atomic mass is 10.1. The second kappa shape index (κ2) is 5.72. The molecule has 3 rings (SSSR count). The third-order valence-electron chi connectivity index (χ3n) is 3.56. The Morgan fingerprint density at radius 2 is 1.83 bits per heavy atom. The van der Waals surface area contributed by atoms with E-state index in [4.69, 9.17) is 11.6 Å². The summed E-state index contributed by atoms with van der Waals surface area (Å²) in [7, 11) is -2.19. The van der Waals surface area contributed by atoms with Gasteiger partial charge in [0.25, 0.3) is 5.91 Å². The molecule has 0 unspecified atom stereocenters. The maximum Gasteiger partial charge on any atom is 0.253 e. The van der Waals surface area contributed by atoms with E-state index in [2.05, 4.69) is 10.3 Å². The first-order valence-corrected chi connectivity index (χ1v) is 8.64. The van der Waals surface area contributed by atoms with E-state index in [9.17, 15) is 13.2 Å². The number of carbonyl (C=O) groups excluding carboxylic acids is 1. The van der Waals surface area contributed by atoms with Crippen molar-refractivity contribution in [1.29, 1.82) is 0 Å². The van der Waals surface area contributed by atoms with Gasteiger partial charge < -0.3 is 10.3 Å². The molecule has 1 aromatic heterocycles. The zero-order valence-corrected chi connectivity index (χ0v) is 13.7. The number of halogens is 1. The predicted molar refractivity (Wildman–Crippen MR) is 88.6 cm³/mol. The number of H-pyrrole nitrogens is 1. The fourth-order valence-electron chi connectivity index (χ4n) is 2.42. The molecule has 1 amide bonds. The van der Waals surface area contributed by atoms with E-state index in [-0.39, 0.29) is 15.7 Å². The Kier molecular flexibility index (Phi) is 3.87. The van der Waals surface area contributed by atoms with Crippen LogP contribution in [0.5, 0.6) is 0 Å². The summed E-state index contributed by atoms with van der Waals surface area (Å²) in [5.41, 5.74) is 0.877. The minimum absolute atomic E-state index is 0.126. The van der Waals surface area contributed by atoms with Crippen molar-refractivity contribution in [1.82, 2.24) is 10.3 Å². The number of benzene rings is 2. The van der Waals surface area contributed by atoms with Crippen LogP contribution in [0.4, 0.5) is 0 Å². The van der Waals surface area contributed by atoms with E-state index in [1.807, 2.05) is 0 Å². The molecule has 1 heterocycles. The first-order chi connectivity index (χ1) is 10.9. The summed E-state index contributed by atoms with van der Waals surface area (Å²) in [6.07, 6.45) is 1.40. The Labute approximate surface area is 138 Å². The highest BCUT2D eigenvalue weighted by Gasteiger charge is 2.23. The number of aromatic amines is 1. The second-order valence-electron chi connectivity index (χ2n) is 4.92. The minimum atomic E-state index is -3.71. The third kappa shape index (κ3) is 2.60. The fourth-order valence-corrected chi connectivity index (χ4v) is 3.96. The molecule has 5 nitrogen and oxygen atoms in total. The molecule has 0 aliphatic carbocycles. The van der Waals surface area contributed by atoms with Gasteiger partial charge in [0.15, 0.2) is 0 Å². The van der Waals surface area contributed by atoms with Crippen LogP contribution < -0.4 is 5.32 Å². The van der Waals surface area contributed by atoms with Crippen LogP contribution in [-0.4, -0.2) is 26.4 Å². The Bertz CT molecular complexity index is 992. The summed E-state index contributed by atoms with van der Waals surface area (Å²) >= 11 is 5.81. The average molecular weight is 349 g/mol. The number of fused-ring (bicyclic) bond motifs is 1. The van der Waals surface area contributed by atoms with Crippen LogP contribution in [0.3, 0.4) is 0 Å². The van der Waals surface area contributed by atoms with Crippen LogP contribution in [0.15, 0.2) is 58.5 Å². The van der Waals surface area contributed by atoms with Crippen molar-refractivity contribution in [2.75, 3.05) is 7.05 Å². The molecular weight excluding hydrogens is 336 g/mol. The summed E-state index contributed by atoms with van der Waals surface area (Å²) in [5.74, 6) is -0.284. The number of hydrogen-bond acceptors (Lipinski definition) is 3. The number of rotatable bonds is 3. The molecular formula is C16H13ClN2O3S. The van der Waals surface area contributed by atoms with Crippen molar-refractivity contribution in [2.24, 2.45) is 0 Å². The van der Waals surface area contributed by atoms with Gasteiger partial charge in [-0.15, -0.1) is 0 Å². The number of aromatic nitrogens is 1. The number of hydrogen-bond donors (Lipinski definition) is 2. The van der Waals surface area contributed by atoms with Gasteiger partial charge in [-0.25, -0.2) is 8.42 Å². The maximum atomic E-state index is 12.8. The molecule has 0 bridgehead atoms. The number of carbonyl (C=O) groups is 1. The smallest absolute Gasteiger partial charge is 0.253 e. The zero-order chi connectivity index (χ0) is 16.6. The second-order valence-corrected chi connectivity index (χ2v) is 7.27. The van der Waals surface area contributed by atoms with E-state index in [1.165, 1.54) is 37.5 Å². The van der Waals surface area contributed by atoms with Crippen LogP contribution in [0.1, 0.15) is 10.4 Å². The van der Waals surface area contributed by atoms with Gasteiger partial charge in [0.2, 0.25) is 9.84 Å². The maximum absolute atomic E-state index is 12.8. The zero-order valence-electron chi connectivity index (χ0n) is 12.1. The molecule has 0 saturated carbocycles. The minimum Gasteiger partial charge on any atom is -0.359 e. The van der Waals surface area contributed by atoms with Gasteiger partial charge in [-0.2, -0.15) is 0 Å². The molecule has 7 heteroatoms. The topological polar surface area (TPSA) is 79.0 Å². The highest BCUT2D eigenvalue weighted by molar-refractivity contribution is 7.91. The van der Waals surface area contributed by atoms with E-state index < -0.39 is 9.84 Å². The van der Waals surface area contributed by atoms with E-state index in [1.54, 1.807) is 18.2 Å². The predicted octanol–water partition coefficient (Wildman–Crippen LogP) is 3.01. The van der Waals surface area contributed by atoms with Gasteiger partial charge in [-0.3, -0.25) is 4.79 Å². The molecule has 2 N–H and O–H groups in total. The summed E-state index contributed by atoms with van der Waals surface area (Å²) < 4.78 is 25.6. The molecule has 2 aromatic carbocycles. The lowest BCUT2D eigenvalue weighted by molar-refractivity contribution is 0.0964. The SMILES string of the molecule is CNC(=O)c1cccc2c(S(=O)(=O)c3ccc(Cl)cc3)c[nH]c12. The molecule has 0 aliphatic rings. The molecule has 0 radical (unpaired) electrons. The summed E-state index contributed by atoms with van der Waals surface area (Å²) in [5, 5.41) is 3.47. The van der Waals surface area contributed by atoms with Crippen molar-refractivity contribution in [3.05, 3.63) is 59.2 Å². The van der Waals surface area contributed by atoms with Gasteiger partial charge in [0.1, 0.15) is 0 Å². The van der Waals surface area contributed by atoms with Crippen molar-refractivity contribution in [3.8, 4) is 0 Å². The van der Waals surface area contributed by atoms with Crippen molar-refractivity contribution < 1.29 is 13.2 Å². The molecule has 118 valence electrons. The molecule has 0 aliphatic heterocycles. The summed E-state index contributed by atoms with van der Waals surface area (Å²) in [6, 6.07) is 10.9. The fraction of sp³-hybridized carbons (Fsp3) is 0.0625.